The van der Waals surface area contributed by atoms with Crippen molar-refractivity contribution in [1.82, 2.24) is 10.2 Å². The van der Waals surface area contributed by atoms with Gasteiger partial charge in [-0.2, -0.15) is 0 Å². The molecule has 0 saturated carbocycles. The molecule has 1 heterocycles. The molecule has 2 rings (SSSR count). The molecule has 1 aromatic rings. The van der Waals surface area contributed by atoms with Gasteiger partial charge in [-0.3, -0.25) is 9.69 Å². The number of carbonyl (C=O) groups is 1. The largest absolute Gasteiger partial charge is 0.508 e. The first-order chi connectivity index (χ1) is 9.52. The van der Waals surface area contributed by atoms with E-state index in [0.29, 0.717) is 12.8 Å². The van der Waals surface area contributed by atoms with Crippen LogP contribution in [0.15, 0.2) is 24.3 Å². The zero-order valence-electron chi connectivity index (χ0n) is 11.8. The minimum Gasteiger partial charge on any atom is -0.508 e. The number of nitrogens with zero attached hydrogens (tertiary/aromatic N) is 1. The second-order valence-corrected chi connectivity index (χ2v) is 5.48. The number of carboxylic acid groups (broad SMARTS) is 1. The van der Waals surface area contributed by atoms with Crippen LogP contribution in [0.25, 0.3) is 0 Å². The molecule has 5 nitrogen and oxygen atoms in total. The van der Waals surface area contributed by atoms with E-state index in [2.05, 4.69) is 5.32 Å². The molecule has 20 heavy (non-hydrogen) atoms. The summed E-state index contributed by atoms with van der Waals surface area (Å²) in [6.07, 6.45) is 1.25. The highest BCUT2D eigenvalue weighted by Crippen LogP contribution is 2.23. The molecule has 1 aliphatic rings. The number of piperazine rings is 1. The highest BCUT2D eigenvalue weighted by molar-refractivity contribution is 5.78. The lowest BCUT2D eigenvalue weighted by Gasteiger charge is -2.40. The number of aromatic hydroxyl groups is 1. The topological polar surface area (TPSA) is 72.8 Å². The van der Waals surface area contributed by atoms with Crippen molar-refractivity contribution in [2.75, 3.05) is 26.2 Å². The van der Waals surface area contributed by atoms with E-state index in [1.165, 1.54) is 0 Å². The van der Waals surface area contributed by atoms with Crippen molar-refractivity contribution in [3.63, 3.8) is 0 Å². The maximum absolute atomic E-state index is 11.7. The number of phenolic OH excluding ortho intramolecular Hbond substituents is 1. The lowest BCUT2D eigenvalue weighted by Crippen LogP contribution is -2.58. The van der Waals surface area contributed by atoms with Gasteiger partial charge in [0.1, 0.15) is 11.3 Å². The summed E-state index contributed by atoms with van der Waals surface area (Å²) in [6.45, 7) is 5.00. The Morgan fingerprint density at radius 3 is 2.45 bits per heavy atom. The lowest BCUT2D eigenvalue weighted by molar-refractivity contribution is -0.151. The highest BCUT2D eigenvalue weighted by Gasteiger charge is 2.39. The number of carboxylic acids is 1. The van der Waals surface area contributed by atoms with E-state index in [-0.39, 0.29) is 5.75 Å². The summed E-state index contributed by atoms with van der Waals surface area (Å²) in [5, 5.41) is 22.1. The number of nitrogens with one attached hydrogen (secondary N) is 1. The fraction of sp³-hybridized carbons (Fsp3) is 0.533. The van der Waals surface area contributed by atoms with Crippen LogP contribution in [0.4, 0.5) is 0 Å². The molecule has 1 aromatic carbocycles. The van der Waals surface area contributed by atoms with Crippen molar-refractivity contribution in [2.24, 2.45) is 0 Å². The number of hydrogen-bond donors (Lipinski definition) is 3. The average molecular weight is 278 g/mol. The molecule has 3 N–H and O–H groups in total. The van der Waals surface area contributed by atoms with Crippen LogP contribution in [0.5, 0.6) is 5.75 Å². The molecule has 0 aliphatic carbocycles. The number of hydrogen-bond acceptors (Lipinski definition) is 4. The Hall–Kier alpha value is -1.59. The lowest BCUT2D eigenvalue weighted by atomic mass is 9.90. The third-order valence-electron chi connectivity index (χ3n) is 4.11. The first kappa shape index (κ1) is 14.8. The molecule has 1 saturated heterocycles. The van der Waals surface area contributed by atoms with E-state index in [1.54, 1.807) is 19.1 Å². The van der Waals surface area contributed by atoms with Crippen molar-refractivity contribution in [3.8, 4) is 5.75 Å². The smallest absolute Gasteiger partial charge is 0.323 e. The predicted octanol–water partition coefficient (Wildman–Crippen LogP) is 1.07. The minimum absolute atomic E-state index is 0.233. The van der Waals surface area contributed by atoms with Gasteiger partial charge >= 0.3 is 5.97 Å². The Bertz CT molecular complexity index is 455. The average Bonchev–Trinajstić information content (AvgIpc) is 2.47. The van der Waals surface area contributed by atoms with Crippen molar-refractivity contribution in [2.45, 2.75) is 25.3 Å². The van der Waals surface area contributed by atoms with Gasteiger partial charge in [0.15, 0.2) is 0 Å². The molecule has 1 fully saturated rings. The van der Waals surface area contributed by atoms with Crippen molar-refractivity contribution >= 4 is 5.97 Å². The zero-order valence-corrected chi connectivity index (χ0v) is 11.8. The summed E-state index contributed by atoms with van der Waals surface area (Å²) in [6, 6.07) is 6.96. The molecule has 110 valence electrons. The van der Waals surface area contributed by atoms with Gasteiger partial charge in [-0.15, -0.1) is 0 Å². The summed E-state index contributed by atoms with van der Waals surface area (Å²) in [5.41, 5.74) is 0.213. The van der Waals surface area contributed by atoms with Gasteiger partial charge in [-0.05, 0) is 37.5 Å². The number of phenols is 1. The molecular weight excluding hydrogens is 256 g/mol. The van der Waals surface area contributed by atoms with E-state index < -0.39 is 11.5 Å². The molecule has 0 amide bonds. The number of aryl methyl sites for hydroxylation is 1. The van der Waals surface area contributed by atoms with E-state index in [9.17, 15) is 15.0 Å². The Kier molecular flexibility index (Phi) is 4.62. The van der Waals surface area contributed by atoms with Crippen LogP contribution in [0, 0.1) is 0 Å². The predicted molar refractivity (Wildman–Crippen MR) is 76.9 cm³/mol. The molecule has 0 spiro atoms. The standard InChI is InChI=1S/C15H22N2O3/c1-15(14(19)20,17-10-8-16-9-11-17)7-6-12-2-4-13(18)5-3-12/h2-5,16,18H,6-11H2,1H3,(H,19,20). The highest BCUT2D eigenvalue weighted by atomic mass is 16.4. The normalized spacial score (nSPS) is 19.4. The quantitative estimate of drug-likeness (QED) is 0.751. The second-order valence-electron chi connectivity index (χ2n) is 5.48. The first-order valence-corrected chi connectivity index (χ1v) is 6.99. The SMILES string of the molecule is CC(CCc1ccc(O)cc1)(C(=O)O)N1CCNCC1. The van der Waals surface area contributed by atoms with Gasteiger partial charge in [-0.1, -0.05) is 12.1 Å². The third kappa shape index (κ3) is 3.29. The Morgan fingerprint density at radius 2 is 1.90 bits per heavy atom. The molecule has 0 aromatic heterocycles. The summed E-state index contributed by atoms with van der Waals surface area (Å²) in [7, 11) is 0. The van der Waals surface area contributed by atoms with Crippen LogP contribution in [-0.2, 0) is 11.2 Å². The number of benzene rings is 1. The summed E-state index contributed by atoms with van der Waals surface area (Å²) >= 11 is 0. The molecule has 1 unspecified atom stereocenters. The van der Waals surface area contributed by atoms with Crippen molar-refractivity contribution in [3.05, 3.63) is 29.8 Å². The number of rotatable bonds is 5. The van der Waals surface area contributed by atoms with Crippen LogP contribution in [0.2, 0.25) is 0 Å². The number of aliphatic carboxylic acids is 1. The van der Waals surface area contributed by atoms with Crippen LogP contribution < -0.4 is 5.32 Å². The maximum atomic E-state index is 11.7. The van der Waals surface area contributed by atoms with Gasteiger partial charge in [0.25, 0.3) is 0 Å². The minimum atomic E-state index is -0.833. The van der Waals surface area contributed by atoms with Gasteiger partial charge in [0, 0.05) is 26.2 Å². The van der Waals surface area contributed by atoms with Gasteiger partial charge in [-0.25, -0.2) is 0 Å². The molecule has 1 atom stereocenters. The van der Waals surface area contributed by atoms with Crippen LogP contribution >= 0.6 is 0 Å². The van der Waals surface area contributed by atoms with Crippen LogP contribution in [-0.4, -0.2) is 52.8 Å². The van der Waals surface area contributed by atoms with Crippen LogP contribution in [0.3, 0.4) is 0 Å². The summed E-state index contributed by atoms with van der Waals surface area (Å²) in [5.74, 6) is -0.532. The van der Waals surface area contributed by atoms with E-state index in [0.717, 1.165) is 31.7 Å². The van der Waals surface area contributed by atoms with Gasteiger partial charge in [0.2, 0.25) is 0 Å². The third-order valence-corrected chi connectivity index (χ3v) is 4.11. The fourth-order valence-electron chi connectivity index (χ4n) is 2.61. The van der Waals surface area contributed by atoms with Crippen LogP contribution in [0.1, 0.15) is 18.9 Å². The molecular formula is C15H22N2O3. The fourth-order valence-corrected chi connectivity index (χ4v) is 2.61. The Balaban J connectivity index is 2.04. The first-order valence-electron chi connectivity index (χ1n) is 6.99. The molecule has 0 bridgehead atoms. The Morgan fingerprint density at radius 1 is 1.30 bits per heavy atom. The summed E-state index contributed by atoms with van der Waals surface area (Å²) in [4.78, 5) is 13.7. The molecule has 5 heteroatoms. The monoisotopic (exact) mass is 278 g/mol. The maximum Gasteiger partial charge on any atom is 0.323 e. The summed E-state index contributed by atoms with van der Waals surface area (Å²) < 4.78 is 0. The zero-order chi connectivity index (χ0) is 14.6. The van der Waals surface area contributed by atoms with Gasteiger partial charge < -0.3 is 15.5 Å². The van der Waals surface area contributed by atoms with E-state index in [1.807, 2.05) is 17.0 Å². The van der Waals surface area contributed by atoms with Crippen molar-refractivity contribution in [1.29, 1.82) is 0 Å². The van der Waals surface area contributed by atoms with E-state index in [4.69, 9.17) is 0 Å². The molecule has 0 radical (unpaired) electrons. The molecule has 1 aliphatic heterocycles. The van der Waals surface area contributed by atoms with Gasteiger partial charge in [0.05, 0.1) is 0 Å². The van der Waals surface area contributed by atoms with E-state index >= 15 is 0 Å². The second kappa shape index (κ2) is 6.24. The van der Waals surface area contributed by atoms with Crippen molar-refractivity contribution < 1.29 is 15.0 Å². The Labute approximate surface area is 119 Å².